The standard InChI is InChI=1S/C29H25N5O3/c35-29(37-17-27-24-10-4-2-8-22(24)23-9-3-5-11-25(23)27)34-19-13-18(14-20(34)16-36-15-19)21-7-1-6-12-26(21)28-30-32-33-31-28/h1-13,19-20,27H,14-17H2,(H,30,31,32,33). The molecule has 2 bridgehead atoms. The second-order valence-electron chi connectivity index (χ2n) is 9.65. The first-order valence-corrected chi connectivity index (χ1v) is 12.5. The van der Waals surface area contributed by atoms with Crippen molar-refractivity contribution in [1.29, 1.82) is 0 Å². The van der Waals surface area contributed by atoms with Crippen LogP contribution in [0.15, 0.2) is 78.9 Å². The summed E-state index contributed by atoms with van der Waals surface area (Å²) in [5, 5.41) is 14.6. The van der Waals surface area contributed by atoms with Crippen LogP contribution < -0.4 is 0 Å². The van der Waals surface area contributed by atoms with Gasteiger partial charge in [-0.15, -0.1) is 10.2 Å². The van der Waals surface area contributed by atoms with Gasteiger partial charge in [-0.1, -0.05) is 78.9 Å². The van der Waals surface area contributed by atoms with E-state index in [0.29, 0.717) is 32.1 Å². The van der Waals surface area contributed by atoms with Gasteiger partial charge in [0.2, 0.25) is 5.82 Å². The van der Waals surface area contributed by atoms with Crippen LogP contribution in [-0.2, 0) is 9.47 Å². The Bertz CT molecular complexity index is 1450. The fourth-order valence-corrected chi connectivity index (χ4v) is 5.98. The molecule has 3 aliphatic rings. The molecule has 7 rings (SSSR count). The number of nitrogens with one attached hydrogen (secondary N) is 1. The fourth-order valence-electron chi connectivity index (χ4n) is 5.98. The van der Waals surface area contributed by atoms with Crippen molar-refractivity contribution >= 4 is 11.7 Å². The molecule has 37 heavy (non-hydrogen) atoms. The van der Waals surface area contributed by atoms with Crippen LogP contribution in [0.2, 0.25) is 0 Å². The largest absolute Gasteiger partial charge is 0.448 e. The Hall–Kier alpha value is -4.30. The first-order chi connectivity index (χ1) is 18.3. The summed E-state index contributed by atoms with van der Waals surface area (Å²) >= 11 is 0. The Kier molecular flexibility index (Phi) is 5.32. The monoisotopic (exact) mass is 491 g/mol. The number of benzene rings is 3. The molecule has 0 saturated carbocycles. The average molecular weight is 492 g/mol. The molecule has 1 aliphatic carbocycles. The first-order valence-electron chi connectivity index (χ1n) is 12.5. The summed E-state index contributed by atoms with van der Waals surface area (Å²) in [7, 11) is 0. The molecule has 2 aliphatic heterocycles. The lowest BCUT2D eigenvalue weighted by Crippen LogP contribution is -2.56. The number of amides is 1. The molecule has 2 unspecified atom stereocenters. The quantitative estimate of drug-likeness (QED) is 0.446. The number of morpholine rings is 1. The topological polar surface area (TPSA) is 93.2 Å². The van der Waals surface area contributed by atoms with Crippen LogP contribution in [0.1, 0.15) is 29.0 Å². The van der Waals surface area contributed by atoms with Crippen molar-refractivity contribution in [2.45, 2.75) is 24.4 Å². The van der Waals surface area contributed by atoms with Gasteiger partial charge in [-0.25, -0.2) is 4.79 Å². The maximum atomic E-state index is 13.5. The summed E-state index contributed by atoms with van der Waals surface area (Å²) in [6, 6.07) is 24.5. The van der Waals surface area contributed by atoms with Crippen LogP contribution in [-0.4, -0.2) is 63.5 Å². The lowest BCUT2D eigenvalue weighted by Gasteiger charge is -2.44. The van der Waals surface area contributed by atoms with E-state index in [1.54, 1.807) is 0 Å². The highest BCUT2D eigenvalue weighted by atomic mass is 16.6. The number of ether oxygens (including phenoxy) is 2. The van der Waals surface area contributed by atoms with E-state index in [2.05, 4.69) is 69.2 Å². The minimum atomic E-state index is -0.290. The van der Waals surface area contributed by atoms with E-state index in [1.165, 1.54) is 22.3 Å². The Morgan fingerprint density at radius 1 is 0.919 bits per heavy atom. The number of aromatic amines is 1. The zero-order chi connectivity index (χ0) is 24.8. The molecule has 8 heteroatoms. The molecule has 2 atom stereocenters. The molecule has 1 aromatic heterocycles. The van der Waals surface area contributed by atoms with E-state index < -0.39 is 0 Å². The molecule has 1 fully saturated rings. The van der Waals surface area contributed by atoms with Gasteiger partial charge in [0.15, 0.2) is 0 Å². The third-order valence-electron chi connectivity index (χ3n) is 7.60. The molecule has 3 aromatic carbocycles. The number of hydrogen-bond acceptors (Lipinski definition) is 6. The van der Waals surface area contributed by atoms with Crippen molar-refractivity contribution in [1.82, 2.24) is 25.5 Å². The molecule has 0 spiro atoms. The zero-order valence-electron chi connectivity index (χ0n) is 20.1. The normalized spacial score (nSPS) is 20.2. The lowest BCUT2D eigenvalue weighted by atomic mass is 9.88. The third-order valence-corrected chi connectivity index (χ3v) is 7.60. The predicted octanol–water partition coefficient (Wildman–Crippen LogP) is 4.67. The van der Waals surface area contributed by atoms with Gasteiger partial charge >= 0.3 is 6.09 Å². The Balaban J connectivity index is 1.13. The van der Waals surface area contributed by atoms with Crippen molar-refractivity contribution in [3.05, 3.63) is 95.6 Å². The van der Waals surface area contributed by atoms with Crippen molar-refractivity contribution in [2.75, 3.05) is 19.8 Å². The SMILES string of the molecule is O=C(OCC1c2ccccc2-c2ccccc21)N1C2C=C(c3ccccc3-c3nn[nH]n3)CC1COC2. The van der Waals surface area contributed by atoms with Crippen LogP contribution in [0.25, 0.3) is 28.1 Å². The summed E-state index contributed by atoms with van der Waals surface area (Å²) in [5.41, 5.74) is 7.97. The summed E-state index contributed by atoms with van der Waals surface area (Å²) in [6.07, 6.45) is 2.49. The second kappa shape index (κ2) is 8.97. The van der Waals surface area contributed by atoms with E-state index in [4.69, 9.17) is 9.47 Å². The summed E-state index contributed by atoms with van der Waals surface area (Å²) in [5.74, 6) is 0.585. The van der Waals surface area contributed by atoms with Crippen LogP contribution >= 0.6 is 0 Å². The molecule has 1 amide bonds. The van der Waals surface area contributed by atoms with Gasteiger partial charge in [-0.2, -0.15) is 5.21 Å². The third kappa shape index (κ3) is 3.72. The molecule has 184 valence electrons. The van der Waals surface area contributed by atoms with Crippen molar-refractivity contribution in [2.24, 2.45) is 0 Å². The maximum Gasteiger partial charge on any atom is 0.410 e. The van der Waals surface area contributed by atoms with Gasteiger partial charge in [0.05, 0.1) is 25.3 Å². The van der Waals surface area contributed by atoms with Crippen LogP contribution in [0.5, 0.6) is 0 Å². The molecule has 1 N–H and O–H groups in total. The lowest BCUT2D eigenvalue weighted by molar-refractivity contribution is -0.0331. The van der Waals surface area contributed by atoms with E-state index in [1.807, 2.05) is 35.2 Å². The minimum Gasteiger partial charge on any atom is -0.448 e. The first kappa shape index (κ1) is 21.9. The maximum absolute atomic E-state index is 13.5. The van der Waals surface area contributed by atoms with Gasteiger partial charge in [-0.05, 0) is 45.0 Å². The second-order valence-corrected chi connectivity index (χ2v) is 9.65. The number of H-pyrrole nitrogens is 1. The van der Waals surface area contributed by atoms with Gasteiger partial charge in [-0.3, -0.25) is 4.90 Å². The summed E-state index contributed by atoms with van der Waals surface area (Å²) in [4.78, 5) is 15.3. The van der Waals surface area contributed by atoms with Crippen molar-refractivity contribution in [3.63, 3.8) is 0 Å². The molecule has 0 radical (unpaired) electrons. The molecule has 4 aromatic rings. The van der Waals surface area contributed by atoms with E-state index in [9.17, 15) is 4.79 Å². The van der Waals surface area contributed by atoms with Gasteiger partial charge in [0, 0.05) is 11.5 Å². The predicted molar refractivity (Wildman–Crippen MR) is 138 cm³/mol. The molecular weight excluding hydrogens is 466 g/mol. The number of rotatable bonds is 4. The Morgan fingerprint density at radius 2 is 1.59 bits per heavy atom. The highest BCUT2D eigenvalue weighted by Crippen LogP contribution is 2.45. The highest BCUT2D eigenvalue weighted by molar-refractivity contribution is 5.82. The summed E-state index contributed by atoms with van der Waals surface area (Å²) in [6.45, 7) is 1.22. The van der Waals surface area contributed by atoms with Gasteiger partial charge in [0.1, 0.15) is 6.61 Å². The number of tetrazole rings is 1. The zero-order valence-corrected chi connectivity index (χ0v) is 20.1. The Morgan fingerprint density at radius 3 is 2.27 bits per heavy atom. The number of carbonyl (C=O) groups is 1. The number of hydrogen-bond donors (Lipinski definition) is 1. The highest BCUT2D eigenvalue weighted by Gasteiger charge is 2.40. The number of aromatic nitrogens is 4. The van der Waals surface area contributed by atoms with Crippen molar-refractivity contribution < 1.29 is 14.3 Å². The van der Waals surface area contributed by atoms with E-state index in [-0.39, 0.29) is 24.1 Å². The average Bonchev–Trinajstić information content (AvgIpc) is 3.58. The van der Waals surface area contributed by atoms with Crippen LogP contribution in [0, 0.1) is 0 Å². The minimum absolute atomic E-state index is 0.0326. The van der Waals surface area contributed by atoms with E-state index >= 15 is 0 Å². The van der Waals surface area contributed by atoms with Gasteiger partial charge < -0.3 is 9.47 Å². The molecule has 8 nitrogen and oxygen atoms in total. The van der Waals surface area contributed by atoms with Crippen LogP contribution in [0.3, 0.4) is 0 Å². The van der Waals surface area contributed by atoms with E-state index in [0.717, 1.165) is 16.7 Å². The van der Waals surface area contributed by atoms with Crippen LogP contribution in [0.4, 0.5) is 4.79 Å². The number of fused-ring (bicyclic) bond motifs is 5. The molecule has 3 heterocycles. The van der Waals surface area contributed by atoms with Gasteiger partial charge in [0.25, 0.3) is 0 Å². The molecular formula is C29H25N5O3. The van der Waals surface area contributed by atoms with Crippen molar-refractivity contribution in [3.8, 4) is 22.5 Å². The number of nitrogens with zero attached hydrogens (tertiary/aromatic N) is 4. The smallest absolute Gasteiger partial charge is 0.410 e. The summed E-state index contributed by atoms with van der Waals surface area (Å²) < 4.78 is 11.8. The Labute approximate surface area is 213 Å². The number of carbonyl (C=O) groups excluding carboxylic acids is 1. The molecule has 1 saturated heterocycles. The fraction of sp³-hybridized carbons (Fsp3) is 0.241.